The number of hydrogen-bond acceptors (Lipinski definition) is 3. The molecule has 0 bridgehead atoms. The Morgan fingerprint density at radius 1 is 1.46 bits per heavy atom. The van der Waals surface area contributed by atoms with E-state index < -0.39 is 0 Å². The highest BCUT2D eigenvalue weighted by Crippen LogP contribution is 2.16. The number of aromatic nitrogens is 3. The second-order valence-corrected chi connectivity index (χ2v) is 2.75. The molecule has 4 nitrogen and oxygen atoms in total. The first-order valence-corrected chi connectivity index (χ1v) is 4.20. The van der Waals surface area contributed by atoms with E-state index in [0.29, 0.717) is 5.88 Å². The molecule has 0 saturated heterocycles. The summed E-state index contributed by atoms with van der Waals surface area (Å²) in [7, 11) is 1.61. The number of pyridine rings is 1. The molecule has 0 aromatic carbocycles. The number of hydrogen-bond donors (Lipinski definition) is 0. The highest BCUT2D eigenvalue weighted by Gasteiger charge is 2.02. The number of ether oxygens (including phenoxy) is 1. The van der Waals surface area contributed by atoms with Crippen molar-refractivity contribution in [1.29, 1.82) is 0 Å². The van der Waals surface area contributed by atoms with Gasteiger partial charge in [0, 0.05) is 18.0 Å². The van der Waals surface area contributed by atoms with E-state index in [1.54, 1.807) is 13.3 Å². The Balaban J connectivity index is 2.61. The zero-order valence-electron chi connectivity index (χ0n) is 7.69. The number of fused-ring (bicyclic) bond motifs is 1. The average Bonchev–Trinajstić information content (AvgIpc) is 2.59. The minimum Gasteiger partial charge on any atom is -0.481 e. The van der Waals surface area contributed by atoms with E-state index in [1.807, 2.05) is 16.9 Å². The van der Waals surface area contributed by atoms with Gasteiger partial charge in [-0.3, -0.25) is 4.68 Å². The Kier molecular flexibility index (Phi) is 1.88. The number of rotatable bonds is 2. The third kappa shape index (κ3) is 1.24. The monoisotopic (exact) mass is 177 g/mol. The van der Waals surface area contributed by atoms with E-state index >= 15 is 0 Å². The molecule has 2 heterocycles. The molecular formula is C9H11N3O. The molecule has 2 aromatic heterocycles. The molecule has 0 fully saturated rings. The fourth-order valence-corrected chi connectivity index (χ4v) is 1.32. The first-order chi connectivity index (χ1) is 6.35. The maximum atomic E-state index is 5.02. The average molecular weight is 177 g/mol. The van der Waals surface area contributed by atoms with Crippen LogP contribution in [-0.4, -0.2) is 21.9 Å². The Hall–Kier alpha value is -1.58. The summed E-state index contributed by atoms with van der Waals surface area (Å²) in [6, 6.07) is 1.88. The fraction of sp³-hybridized carbons (Fsp3) is 0.333. The second-order valence-electron chi connectivity index (χ2n) is 2.75. The van der Waals surface area contributed by atoms with Gasteiger partial charge >= 0.3 is 0 Å². The van der Waals surface area contributed by atoms with E-state index in [9.17, 15) is 0 Å². The van der Waals surface area contributed by atoms with Crippen LogP contribution in [0.5, 0.6) is 5.88 Å². The zero-order valence-corrected chi connectivity index (χ0v) is 7.69. The normalized spacial score (nSPS) is 10.6. The molecule has 0 radical (unpaired) electrons. The Labute approximate surface area is 76.1 Å². The van der Waals surface area contributed by atoms with Crippen molar-refractivity contribution >= 4 is 10.9 Å². The molecule has 2 aromatic rings. The van der Waals surface area contributed by atoms with Crippen LogP contribution >= 0.6 is 0 Å². The molecule has 4 heteroatoms. The second kappa shape index (κ2) is 3.05. The predicted octanol–water partition coefficient (Wildman–Crippen LogP) is 1.46. The van der Waals surface area contributed by atoms with Crippen LogP contribution in [-0.2, 0) is 6.54 Å². The Morgan fingerprint density at radius 3 is 3.00 bits per heavy atom. The van der Waals surface area contributed by atoms with Gasteiger partial charge in [-0.15, -0.1) is 0 Å². The molecule has 0 saturated carbocycles. The minimum absolute atomic E-state index is 0.628. The highest BCUT2D eigenvalue weighted by atomic mass is 16.5. The summed E-state index contributed by atoms with van der Waals surface area (Å²) in [4.78, 5) is 4.12. The fourth-order valence-electron chi connectivity index (χ4n) is 1.32. The molecule has 68 valence electrons. The van der Waals surface area contributed by atoms with E-state index in [-0.39, 0.29) is 0 Å². The van der Waals surface area contributed by atoms with Crippen LogP contribution in [0.15, 0.2) is 18.5 Å². The van der Waals surface area contributed by atoms with Crippen molar-refractivity contribution in [2.45, 2.75) is 13.5 Å². The van der Waals surface area contributed by atoms with Crippen molar-refractivity contribution in [3.05, 3.63) is 18.5 Å². The van der Waals surface area contributed by atoms with Crippen LogP contribution < -0.4 is 4.74 Å². The summed E-state index contributed by atoms with van der Waals surface area (Å²) < 4.78 is 6.92. The van der Waals surface area contributed by atoms with E-state index in [1.165, 1.54) is 0 Å². The Morgan fingerprint density at radius 2 is 2.31 bits per heavy atom. The van der Waals surface area contributed by atoms with Crippen LogP contribution in [0.1, 0.15) is 6.92 Å². The molecule has 0 amide bonds. The first-order valence-electron chi connectivity index (χ1n) is 4.20. The molecule has 13 heavy (non-hydrogen) atoms. The topological polar surface area (TPSA) is 39.9 Å². The van der Waals surface area contributed by atoms with E-state index in [4.69, 9.17) is 4.74 Å². The number of methoxy groups -OCH3 is 1. The lowest BCUT2D eigenvalue weighted by Crippen LogP contribution is -1.95. The van der Waals surface area contributed by atoms with Gasteiger partial charge in [0.2, 0.25) is 5.88 Å². The third-order valence-corrected chi connectivity index (χ3v) is 2.01. The molecular weight excluding hydrogens is 166 g/mol. The van der Waals surface area contributed by atoms with Crippen molar-refractivity contribution < 1.29 is 4.74 Å². The van der Waals surface area contributed by atoms with Crippen LogP contribution in [0.25, 0.3) is 10.9 Å². The van der Waals surface area contributed by atoms with Gasteiger partial charge in [0.05, 0.1) is 25.0 Å². The molecule has 0 aliphatic rings. The molecule has 0 aliphatic carbocycles. The maximum absolute atomic E-state index is 5.02. The van der Waals surface area contributed by atoms with Crippen molar-refractivity contribution in [3.63, 3.8) is 0 Å². The maximum Gasteiger partial charge on any atom is 0.213 e. The summed E-state index contributed by atoms with van der Waals surface area (Å²) >= 11 is 0. The lowest BCUT2D eigenvalue weighted by Gasteiger charge is -1.99. The smallest absolute Gasteiger partial charge is 0.213 e. The summed E-state index contributed by atoms with van der Waals surface area (Å²) in [5, 5.41) is 5.27. The molecule has 0 N–H and O–H groups in total. The highest BCUT2D eigenvalue weighted by molar-refractivity contribution is 5.78. The summed E-state index contributed by atoms with van der Waals surface area (Å²) in [6.07, 6.45) is 3.60. The number of nitrogens with zero attached hydrogens (tertiary/aromatic N) is 3. The van der Waals surface area contributed by atoms with Gasteiger partial charge in [-0.25, -0.2) is 4.98 Å². The lowest BCUT2D eigenvalue weighted by atomic mass is 10.3. The summed E-state index contributed by atoms with van der Waals surface area (Å²) in [5.41, 5.74) is 1.04. The first kappa shape index (κ1) is 8.04. The minimum atomic E-state index is 0.628. The molecule has 0 atom stereocenters. The van der Waals surface area contributed by atoms with Crippen molar-refractivity contribution in [1.82, 2.24) is 14.8 Å². The van der Waals surface area contributed by atoms with Gasteiger partial charge in [-0.05, 0) is 6.92 Å². The molecule has 0 unspecified atom stereocenters. The standard InChI is InChI=1S/C9H11N3O/c1-3-12-8-6-10-9(13-2)4-7(8)5-11-12/h4-6H,3H2,1-2H3. The largest absolute Gasteiger partial charge is 0.481 e. The van der Waals surface area contributed by atoms with Crippen LogP contribution in [0, 0.1) is 0 Å². The lowest BCUT2D eigenvalue weighted by molar-refractivity contribution is 0.398. The van der Waals surface area contributed by atoms with Gasteiger partial charge in [0.25, 0.3) is 0 Å². The van der Waals surface area contributed by atoms with Gasteiger partial charge in [-0.1, -0.05) is 0 Å². The van der Waals surface area contributed by atoms with Gasteiger partial charge in [-0.2, -0.15) is 5.10 Å². The summed E-state index contributed by atoms with van der Waals surface area (Å²) in [5.74, 6) is 0.628. The van der Waals surface area contributed by atoms with Gasteiger partial charge in [0.15, 0.2) is 0 Å². The zero-order chi connectivity index (χ0) is 9.26. The van der Waals surface area contributed by atoms with E-state index in [0.717, 1.165) is 17.4 Å². The van der Waals surface area contributed by atoms with Crippen molar-refractivity contribution in [3.8, 4) is 5.88 Å². The predicted molar refractivity (Wildman–Crippen MR) is 49.8 cm³/mol. The summed E-state index contributed by atoms with van der Waals surface area (Å²) in [6.45, 7) is 2.91. The Bertz CT molecular complexity index is 422. The SMILES string of the molecule is CCn1ncc2cc(OC)ncc21. The van der Waals surface area contributed by atoms with E-state index in [2.05, 4.69) is 17.0 Å². The van der Waals surface area contributed by atoms with Crippen LogP contribution in [0.3, 0.4) is 0 Å². The van der Waals surface area contributed by atoms with Crippen LogP contribution in [0.2, 0.25) is 0 Å². The van der Waals surface area contributed by atoms with Gasteiger partial charge in [0.1, 0.15) is 0 Å². The third-order valence-electron chi connectivity index (χ3n) is 2.01. The molecule has 0 spiro atoms. The number of aryl methyl sites for hydroxylation is 1. The van der Waals surface area contributed by atoms with Crippen LogP contribution in [0.4, 0.5) is 0 Å². The van der Waals surface area contributed by atoms with Crippen molar-refractivity contribution in [2.75, 3.05) is 7.11 Å². The molecule has 2 rings (SSSR count). The quantitative estimate of drug-likeness (QED) is 0.697. The molecule has 0 aliphatic heterocycles. The van der Waals surface area contributed by atoms with Crippen molar-refractivity contribution in [2.24, 2.45) is 0 Å². The van der Waals surface area contributed by atoms with Gasteiger partial charge < -0.3 is 4.74 Å².